The Bertz CT molecular complexity index is 1030. The van der Waals surface area contributed by atoms with Crippen molar-refractivity contribution < 1.29 is 14.7 Å². The van der Waals surface area contributed by atoms with E-state index in [4.69, 9.17) is 0 Å². The minimum atomic E-state index is -1.03. The van der Waals surface area contributed by atoms with Gasteiger partial charge in [0.15, 0.2) is 0 Å². The van der Waals surface area contributed by atoms with Crippen LogP contribution in [0.15, 0.2) is 42.5 Å². The van der Waals surface area contributed by atoms with E-state index in [1.165, 1.54) is 0 Å². The molecule has 1 aromatic heterocycles. The van der Waals surface area contributed by atoms with Gasteiger partial charge in [0.25, 0.3) is 0 Å². The Balaban J connectivity index is 1.98. The van der Waals surface area contributed by atoms with Crippen LogP contribution in [-0.2, 0) is 11.3 Å². The monoisotopic (exact) mass is 422 g/mol. The first kappa shape index (κ1) is 21.9. The number of hydrogen-bond acceptors (Lipinski definition) is 6. The van der Waals surface area contributed by atoms with Gasteiger partial charge in [0.2, 0.25) is 11.7 Å². The molecule has 1 amide bonds. The van der Waals surface area contributed by atoms with E-state index < -0.39 is 5.97 Å². The van der Waals surface area contributed by atoms with E-state index in [1.807, 2.05) is 50.2 Å². The van der Waals surface area contributed by atoms with Gasteiger partial charge in [-0.25, -0.2) is 4.79 Å². The highest BCUT2D eigenvalue weighted by Gasteiger charge is 2.22. The average molecular weight is 422 g/mol. The zero-order valence-electron chi connectivity index (χ0n) is 17.9. The van der Waals surface area contributed by atoms with Crippen molar-refractivity contribution in [3.63, 3.8) is 0 Å². The third kappa shape index (κ3) is 5.25. The first-order valence-electron chi connectivity index (χ1n) is 10.1. The second kappa shape index (κ2) is 9.84. The van der Waals surface area contributed by atoms with Gasteiger partial charge in [-0.2, -0.15) is 5.21 Å². The van der Waals surface area contributed by atoms with Gasteiger partial charge in [0.1, 0.15) is 0 Å². The number of carbonyl (C=O) groups excluding carboxylic acids is 1. The SMILES string of the molecule is CCCCC(=O)N(Cc1ccc(-c2nn[nH]n2)cc1)c1cc(C(=O)O)ccc1N(C)C. The Morgan fingerprint density at radius 2 is 1.81 bits per heavy atom. The van der Waals surface area contributed by atoms with Gasteiger partial charge in [0, 0.05) is 26.1 Å². The number of anilines is 2. The lowest BCUT2D eigenvalue weighted by Crippen LogP contribution is -2.32. The first-order chi connectivity index (χ1) is 14.9. The molecule has 0 saturated carbocycles. The minimum Gasteiger partial charge on any atom is -0.478 e. The standard InChI is InChI=1S/C22H26N6O3/c1-4-5-6-20(29)28(19-13-17(22(30)31)11-12-18(19)27(2)3)14-15-7-9-16(10-8-15)21-23-25-26-24-21/h7-13H,4-6,14H2,1-3H3,(H,30,31)(H,23,24,25,26). The molecule has 0 aliphatic carbocycles. The Morgan fingerprint density at radius 1 is 1.06 bits per heavy atom. The first-order valence-corrected chi connectivity index (χ1v) is 10.1. The molecule has 31 heavy (non-hydrogen) atoms. The molecule has 0 saturated heterocycles. The zero-order valence-corrected chi connectivity index (χ0v) is 17.9. The van der Waals surface area contributed by atoms with E-state index in [1.54, 1.807) is 23.1 Å². The number of unbranched alkanes of at least 4 members (excludes halogenated alkanes) is 1. The van der Waals surface area contributed by atoms with Gasteiger partial charge in [-0.15, -0.1) is 10.2 Å². The van der Waals surface area contributed by atoms with Crippen LogP contribution < -0.4 is 9.80 Å². The fraction of sp³-hybridized carbons (Fsp3) is 0.318. The molecule has 0 bridgehead atoms. The number of carboxylic acid groups (broad SMARTS) is 1. The highest BCUT2D eigenvalue weighted by atomic mass is 16.4. The topological polar surface area (TPSA) is 115 Å². The molecule has 0 radical (unpaired) electrons. The van der Waals surface area contributed by atoms with Gasteiger partial charge in [-0.05, 0) is 35.4 Å². The molecule has 0 unspecified atom stereocenters. The summed E-state index contributed by atoms with van der Waals surface area (Å²) in [6.45, 7) is 2.35. The molecular weight excluding hydrogens is 396 g/mol. The fourth-order valence-electron chi connectivity index (χ4n) is 3.25. The Hall–Kier alpha value is -3.75. The van der Waals surface area contributed by atoms with E-state index in [2.05, 4.69) is 20.6 Å². The number of tetrazole rings is 1. The number of benzene rings is 2. The van der Waals surface area contributed by atoms with Crippen LogP contribution in [0, 0.1) is 0 Å². The highest BCUT2D eigenvalue weighted by molar-refractivity contribution is 5.99. The molecule has 162 valence electrons. The van der Waals surface area contributed by atoms with Crippen LogP contribution in [0.3, 0.4) is 0 Å². The van der Waals surface area contributed by atoms with Crippen LogP contribution in [0.5, 0.6) is 0 Å². The normalized spacial score (nSPS) is 10.7. The van der Waals surface area contributed by atoms with Crippen LogP contribution >= 0.6 is 0 Å². The maximum Gasteiger partial charge on any atom is 0.335 e. The van der Waals surface area contributed by atoms with Crippen molar-refractivity contribution in [1.82, 2.24) is 20.6 Å². The van der Waals surface area contributed by atoms with Crippen molar-refractivity contribution in [3.05, 3.63) is 53.6 Å². The van der Waals surface area contributed by atoms with E-state index >= 15 is 0 Å². The summed E-state index contributed by atoms with van der Waals surface area (Å²) in [4.78, 5) is 28.3. The number of aromatic nitrogens is 4. The molecule has 0 atom stereocenters. The van der Waals surface area contributed by atoms with E-state index in [0.29, 0.717) is 24.5 Å². The van der Waals surface area contributed by atoms with Crippen LogP contribution in [-0.4, -0.2) is 51.7 Å². The van der Waals surface area contributed by atoms with Gasteiger partial charge in [-0.3, -0.25) is 4.79 Å². The second-order valence-corrected chi connectivity index (χ2v) is 7.42. The third-order valence-corrected chi connectivity index (χ3v) is 4.94. The number of hydrogen-bond donors (Lipinski definition) is 2. The van der Waals surface area contributed by atoms with Gasteiger partial charge < -0.3 is 14.9 Å². The summed E-state index contributed by atoms with van der Waals surface area (Å²) in [6, 6.07) is 12.4. The summed E-state index contributed by atoms with van der Waals surface area (Å²) in [6.07, 6.45) is 2.05. The number of aromatic carboxylic acids is 1. The predicted octanol–water partition coefficient (Wildman–Crippen LogP) is 3.35. The number of aromatic amines is 1. The molecule has 2 aromatic carbocycles. The lowest BCUT2D eigenvalue weighted by Gasteiger charge is -2.28. The Morgan fingerprint density at radius 3 is 2.39 bits per heavy atom. The average Bonchev–Trinajstić information content (AvgIpc) is 3.30. The van der Waals surface area contributed by atoms with Crippen LogP contribution in [0.2, 0.25) is 0 Å². The number of rotatable bonds is 9. The molecule has 0 spiro atoms. The molecular formula is C22H26N6O3. The smallest absolute Gasteiger partial charge is 0.335 e. The number of nitrogens with one attached hydrogen (secondary N) is 1. The molecule has 9 heteroatoms. The zero-order chi connectivity index (χ0) is 22.4. The molecule has 0 aliphatic heterocycles. The largest absolute Gasteiger partial charge is 0.478 e. The number of carbonyl (C=O) groups is 2. The maximum absolute atomic E-state index is 13.1. The van der Waals surface area contributed by atoms with Crippen molar-refractivity contribution in [2.24, 2.45) is 0 Å². The summed E-state index contributed by atoms with van der Waals surface area (Å²) >= 11 is 0. The number of nitrogens with zero attached hydrogens (tertiary/aromatic N) is 5. The van der Waals surface area contributed by atoms with E-state index in [9.17, 15) is 14.7 Å². The molecule has 3 aromatic rings. The summed E-state index contributed by atoms with van der Waals surface area (Å²) in [5.41, 5.74) is 3.21. The van der Waals surface area contributed by atoms with E-state index in [0.717, 1.165) is 29.7 Å². The molecule has 9 nitrogen and oxygen atoms in total. The Labute approximate surface area is 180 Å². The van der Waals surface area contributed by atoms with Crippen LogP contribution in [0.1, 0.15) is 42.1 Å². The van der Waals surface area contributed by atoms with Crippen LogP contribution in [0.4, 0.5) is 11.4 Å². The van der Waals surface area contributed by atoms with Crippen molar-refractivity contribution in [2.75, 3.05) is 23.9 Å². The summed E-state index contributed by atoms with van der Waals surface area (Å²) in [7, 11) is 3.74. The van der Waals surface area contributed by atoms with Crippen molar-refractivity contribution in [1.29, 1.82) is 0 Å². The lowest BCUT2D eigenvalue weighted by molar-refractivity contribution is -0.118. The van der Waals surface area contributed by atoms with Crippen molar-refractivity contribution >= 4 is 23.3 Å². The van der Waals surface area contributed by atoms with E-state index in [-0.39, 0.29) is 11.5 Å². The quantitative estimate of drug-likeness (QED) is 0.543. The lowest BCUT2D eigenvalue weighted by atomic mass is 10.1. The summed E-state index contributed by atoms with van der Waals surface area (Å²) in [5.74, 6) is -0.585. The number of H-pyrrole nitrogens is 1. The Kier molecular flexibility index (Phi) is 6.96. The summed E-state index contributed by atoms with van der Waals surface area (Å²) < 4.78 is 0. The number of amides is 1. The molecule has 1 heterocycles. The van der Waals surface area contributed by atoms with Crippen molar-refractivity contribution in [3.8, 4) is 11.4 Å². The molecule has 0 fully saturated rings. The predicted molar refractivity (Wildman–Crippen MR) is 118 cm³/mol. The number of carboxylic acids is 1. The summed E-state index contributed by atoms with van der Waals surface area (Å²) in [5, 5.41) is 23.4. The highest BCUT2D eigenvalue weighted by Crippen LogP contribution is 2.32. The van der Waals surface area contributed by atoms with Gasteiger partial charge in [-0.1, -0.05) is 37.6 Å². The maximum atomic E-state index is 13.1. The molecule has 0 aliphatic rings. The molecule has 2 N–H and O–H groups in total. The third-order valence-electron chi connectivity index (χ3n) is 4.94. The second-order valence-electron chi connectivity index (χ2n) is 7.42. The van der Waals surface area contributed by atoms with Crippen molar-refractivity contribution in [2.45, 2.75) is 32.7 Å². The van der Waals surface area contributed by atoms with Crippen LogP contribution in [0.25, 0.3) is 11.4 Å². The fourth-order valence-corrected chi connectivity index (χ4v) is 3.25. The minimum absolute atomic E-state index is 0.0465. The van der Waals surface area contributed by atoms with Gasteiger partial charge >= 0.3 is 5.97 Å². The van der Waals surface area contributed by atoms with Gasteiger partial charge in [0.05, 0.1) is 23.5 Å². The molecule has 3 rings (SSSR count).